The van der Waals surface area contributed by atoms with Crippen molar-refractivity contribution in [3.05, 3.63) is 59.2 Å². The molecule has 5 rings (SSSR count). The summed E-state index contributed by atoms with van der Waals surface area (Å²) < 4.78 is 42.0. The van der Waals surface area contributed by atoms with Gasteiger partial charge in [0.1, 0.15) is 29.8 Å². The number of fused-ring (bicyclic) bond motifs is 3. The Hall–Kier alpha value is -3.76. The van der Waals surface area contributed by atoms with Crippen LogP contribution in [0.2, 0.25) is 0 Å². The fraction of sp³-hybridized carbons (Fsp3) is 0.698. The van der Waals surface area contributed by atoms with E-state index in [1.165, 1.54) is 19.1 Å². The van der Waals surface area contributed by atoms with Gasteiger partial charge in [0.2, 0.25) is 5.79 Å². The molecule has 14 nitrogen and oxygen atoms in total. The second-order valence-corrected chi connectivity index (χ2v) is 19.6. The van der Waals surface area contributed by atoms with Crippen LogP contribution in [-0.4, -0.2) is 135 Å². The quantitative estimate of drug-likeness (QED) is 0.129. The fourth-order valence-corrected chi connectivity index (χ4v) is 10.6. The van der Waals surface area contributed by atoms with Crippen LogP contribution >= 0.6 is 0 Å². The number of cyclic esters (lactones) is 1. The predicted octanol–water partition coefficient (Wildman–Crippen LogP) is 7.22. The lowest BCUT2D eigenvalue weighted by Gasteiger charge is -2.47. The van der Waals surface area contributed by atoms with Gasteiger partial charge < -0.3 is 48.3 Å². The third-order valence-electron chi connectivity index (χ3n) is 14.7. The van der Waals surface area contributed by atoms with Gasteiger partial charge in [-0.1, -0.05) is 69.7 Å². The average Bonchev–Trinajstić information content (AvgIpc) is 3.32. The number of aliphatic hydroxyl groups is 2. The van der Waals surface area contributed by atoms with Gasteiger partial charge in [-0.15, -0.1) is 0 Å². The Balaban J connectivity index is 1.43. The molecule has 3 aliphatic heterocycles. The monoisotopic (exact) mass is 938 g/mol. The molecule has 3 fully saturated rings. The number of nitrogens with zero attached hydrogens (tertiary/aromatic N) is 1. The Bertz CT molecular complexity index is 1900. The number of hydrogen-bond donors (Lipinski definition) is 2. The van der Waals surface area contributed by atoms with Crippen molar-refractivity contribution < 1.29 is 62.5 Å². The number of methoxy groups -OCH3 is 4. The number of esters is 1. The van der Waals surface area contributed by atoms with E-state index in [2.05, 4.69) is 13.0 Å². The van der Waals surface area contributed by atoms with Crippen LogP contribution in [0.3, 0.4) is 0 Å². The summed E-state index contributed by atoms with van der Waals surface area (Å²) in [6.07, 6.45) is 8.72. The number of hydrogen-bond acceptors (Lipinski definition) is 13. The van der Waals surface area contributed by atoms with Crippen LogP contribution in [-0.2, 0) is 47.6 Å². The van der Waals surface area contributed by atoms with E-state index >= 15 is 0 Å². The minimum Gasteiger partial charge on any atom is -0.497 e. The second-order valence-electron chi connectivity index (χ2n) is 19.6. The first kappa shape index (κ1) is 54.2. The predicted molar refractivity (Wildman–Crippen MR) is 254 cm³/mol. The Morgan fingerprint density at radius 1 is 0.881 bits per heavy atom. The van der Waals surface area contributed by atoms with Crippen molar-refractivity contribution in [2.45, 2.75) is 167 Å². The number of carbonyl (C=O) groups is 4. The minimum absolute atomic E-state index is 0.0253. The van der Waals surface area contributed by atoms with Crippen LogP contribution in [0.4, 0.5) is 0 Å². The van der Waals surface area contributed by atoms with E-state index in [9.17, 15) is 29.4 Å². The normalized spacial score (nSPS) is 36.7. The maximum atomic E-state index is 14.5. The summed E-state index contributed by atoms with van der Waals surface area (Å²) in [6, 6.07) is 6.64. The van der Waals surface area contributed by atoms with Crippen molar-refractivity contribution >= 4 is 29.5 Å². The van der Waals surface area contributed by atoms with Crippen molar-refractivity contribution in [1.82, 2.24) is 4.90 Å². The van der Waals surface area contributed by atoms with Gasteiger partial charge >= 0.3 is 5.97 Å². The van der Waals surface area contributed by atoms with Crippen molar-refractivity contribution in [1.29, 1.82) is 0 Å². The van der Waals surface area contributed by atoms with Crippen molar-refractivity contribution in [2.24, 2.45) is 29.6 Å². The second kappa shape index (κ2) is 25.2. The van der Waals surface area contributed by atoms with Gasteiger partial charge in [-0.3, -0.25) is 14.4 Å². The number of Topliss-reactive ketones (excluding diaryl/α,β-unsaturated/α-hetero) is 2. The minimum atomic E-state index is -2.51. The Morgan fingerprint density at radius 3 is 2.22 bits per heavy atom. The SMILES string of the molecule is CCC1/C=C(\C)CC(C)CC(OC)C2OC(O)(C(=O)C(=O)N3CCCCC3C(=O)OC(C(C)=CC3CCC(OCC=Cc4ccc(OC)cc4)C(OC)C3)C(C)C(O)CC1=O)C(C)CC2OC. The number of aliphatic hydroxyl groups excluding tert-OH is 1. The van der Waals surface area contributed by atoms with Crippen molar-refractivity contribution in [3.63, 3.8) is 0 Å². The first-order chi connectivity index (χ1) is 32.0. The van der Waals surface area contributed by atoms with Gasteiger partial charge in [0.05, 0.1) is 44.2 Å². The molecule has 67 heavy (non-hydrogen) atoms. The molecule has 1 amide bonds. The molecule has 0 aromatic heterocycles. The van der Waals surface area contributed by atoms with Crippen molar-refractivity contribution in [2.75, 3.05) is 41.6 Å². The number of ether oxygens (including phenoxy) is 7. The van der Waals surface area contributed by atoms with Crippen LogP contribution in [0, 0.1) is 29.6 Å². The average molecular weight is 938 g/mol. The maximum absolute atomic E-state index is 14.5. The van der Waals surface area contributed by atoms with E-state index in [-0.39, 0.29) is 55.6 Å². The topological polar surface area (TPSA) is 177 Å². The molecule has 14 heteroatoms. The highest BCUT2D eigenvalue weighted by molar-refractivity contribution is 6.39. The summed E-state index contributed by atoms with van der Waals surface area (Å²) in [7, 11) is 6.39. The standard InChI is InChI=1S/C53H79NO13/c1-11-39-26-32(2)25-33(3)27-46(63-9)49-47(64-10)29-35(5)53(60,67-49)50(57)51(58)54-23-13-12-16-41(54)52(59)66-48(36(6)42(55)31-43(39)56)34(4)28-38-19-22-44(45(30-38)62-8)65-24-14-15-37-17-20-40(61-7)21-18-37/h14-15,17-18,20-21,26,28,33,35-36,38-39,41-42,44-49,55,60H,11-13,16,19,22-25,27,29-31H2,1-10H3/b15-14?,32-26+,34-28?. The zero-order valence-corrected chi connectivity index (χ0v) is 41.6. The molecule has 2 bridgehead atoms. The van der Waals surface area contributed by atoms with Crippen LogP contribution < -0.4 is 4.74 Å². The van der Waals surface area contributed by atoms with Crippen LogP contribution in [0.5, 0.6) is 5.75 Å². The molecule has 4 aliphatic rings. The number of allylic oxidation sites excluding steroid dienone is 3. The highest BCUT2D eigenvalue weighted by atomic mass is 16.7. The molecule has 374 valence electrons. The van der Waals surface area contributed by atoms with Gasteiger partial charge in [0, 0.05) is 52.0 Å². The Kier molecular flexibility index (Phi) is 20.4. The molecular weight excluding hydrogens is 859 g/mol. The summed E-state index contributed by atoms with van der Waals surface area (Å²) in [5, 5.41) is 24.0. The molecule has 14 atom stereocenters. The molecule has 1 aromatic rings. The maximum Gasteiger partial charge on any atom is 0.329 e. The van der Waals surface area contributed by atoms with Gasteiger partial charge in [-0.05, 0) is 113 Å². The van der Waals surface area contributed by atoms with E-state index in [4.69, 9.17) is 33.2 Å². The summed E-state index contributed by atoms with van der Waals surface area (Å²) in [5.41, 5.74) is 2.72. The lowest BCUT2D eigenvalue weighted by atomic mass is 9.81. The van der Waals surface area contributed by atoms with Crippen LogP contribution in [0.1, 0.15) is 118 Å². The molecule has 1 saturated carbocycles. The molecule has 0 spiro atoms. The zero-order valence-electron chi connectivity index (χ0n) is 41.6. The van der Waals surface area contributed by atoms with E-state index in [1.807, 2.05) is 63.3 Å². The number of amides is 1. The highest BCUT2D eigenvalue weighted by Crippen LogP contribution is 2.39. The summed E-state index contributed by atoms with van der Waals surface area (Å²) in [5.74, 6) is -6.69. The fourth-order valence-electron chi connectivity index (χ4n) is 10.6. The van der Waals surface area contributed by atoms with E-state index in [1.54, 1.807) is 28.1 Å². The molecule has 14 unspecified atom stereocenters. The van der Waals surface area contributed by atoms with Gasteiger partial charge in [0.25, 0.3) is 11.7 Å². The molecule has 3 heterocycles. The number of rotatable bonds is 11. The summed E-state index contributed by atoms with van der Waals surface area (Å²) >= 11 is 0. The lowest BCUT2D eigenvalue weighted by Crippen LogP contribution is -2.64. The smallest absolute Gasteiger partial charge is 0.329 e. The molecule has 1 aliphatic carbocycles. The molecular formula is C53H79NO13. The number of benzene rings is 1. The van der Waals surface area contributed by atoms with Crippen LogP contribution in [0.15, 0.2) is 53.6 Å². The van der Waals surface area contributed by atoms with Gasteiger partial charge in [0.15, 0.2) is 0 Å². The van der Waals surface area contributed by atoms with E-state index < -0.39 is 77.8 Å². The molecule has 2 N–H and O–H groups in total. The summed E-state index contributed by atoms with van der Waals surface area (Å²) in [6.45, 7) is 11.8. The largest absolute Gasteiger partial charge is 0.497 e. The highest BCUT2D eigenvalue weighted by Gasteiger charge is 2.56. The Labute approximate surface area is 398 Å². The van der Waals surface area contributed by atoms with E-state index in [0.717, 1.165) is 29.7 Å². The first-order valence-corrected chi connectivity index (χ1v) is 24.5. The first-order valence-electron chi connectivity index (χ1n) is 24.5. The van der Waals surface area contributed by atoms with Gasteiger partial charge in [-0.2, -0.15) is 0 Å². The molecule has 0 radical (unpaired) electrons. The Morgan fingerprint density at radius 2 is 1.57 bits per heavy atom. The van der Waals surface area contributed by atoms with Gasteiger partial charge in [-0.25, -0.2) is 4.79 Å². The summed E-state index contributed by atoms with van der Waals surface area (Å²) in [4.78, 5) is 58.4. The molecule has 1 aromatic carbocycles. The van der Waals surface area contributed by atoms with Crippen molar-refractivity contribution in [3.8, 4) is 5.75 Å². The van der Waals surface area contributed by atoms with E-state index in [0.29, 0.717) is 50.7 Å². The third kappa shape index (κ3) is 13.7. The molecule has 2 saturated heterocycles. The number of piperidine rings is 1. The van der Waals surface area contributed by atoms with Crippen LogP contribution in [0.25, 0.3) is 6.08 Å². The number of ketones is 2. The lowest BCUT2D eigenvalue weighted by molar-refractivity contribution is -0.302. The number of carbonyl (C=O) groups excluding carboxylic acids is 4. The third-order valence-corrected chi connectivity index (χ3v) is 14.7. The zero-order chi connectivity index (χ0) is 49.0.